The van der Waals surface area contributed by atoms with Crippen molar-refractivity contribution in [2.75, 3.05) is 6.54 Å². The second-order valence-corrected chi connectivity index (χ2v) is 6.13. The number of thiazole rings is 1. The lowest BCUT2D eigenvalue weighted by atomic mass is 9.97. The molecule has 0 aromatic carbocycles. The van der Waals surface area contributed by atoms with Gasteiger partial charge in [-0.15, -0.1) is 22.9 Å². The number of carbonyl (C=O) groups is 2. The van der Waals surface area contributed by atoms with Gasteiger partial charge in [0.15, 0.2) is 0 Å². The number of likely N-dealkylation sites (tertiary alicyclic amines) is 1. The third kappa shape index (κ3) is 3.76. The van der Waals surface area contributed by atoms with E-state index >= 15 is 0 Å². The minimum absolute atomic E-state index is 0.0377. The molecule has 1 fully saturated rings. The average molecular weight is 301 g/mol. The number of aryl methyl sites for hydroxylation is 1. The molecule has 0 aliphatic carbocycles. The number of halogens is 1. The van der Waals surface area contributed by atoms with E-state index in [0.717, 1.165) is 23.5 Å². The minimum Gasteiger partial charge on any atom is -0.283 e. The highest BCUT2D eigenvalue weighted by Crippen LogP contribution is 2.20. The van der Waals surface area contributed by atoms with Crippen LogP contribution in [0.1, 0.15) is 36.9 Å². The van der Waals surface area contributed by atoms with Gasteiger partial charge in [-0.2, -0.15) is 0 Å². The Kier molecular flexibility index (Phi) is 4.93. The highest BCUT2D eigenvalue weighted by Gasteiger charge is 2.29. The highest BCUT2D eigenvalue weighted by atomic mass is 35.5. The molecule has 1 aromatic heterocycles. The summed E-state index contributed by atoms with van der Waals surface area (Å²) in [6.07, 6.45) is 2.52. The molecular formula is C13H17ClN2O2S. The summed E-state index contributed by atoms with van der Waals surface area (Å²) < 4.78 is 0. The third-order valence-electron chi connectivity index (χ3n) is 3.16. The van der Waals surface area contributed by atoms with Crippen molar-refractivity contribution in [1.29, 1.82) is 0 Å². The Morgan fingerprint density at radius 1 is 1.42 bits per heavy atom. The molecule has 0 radical (unpaired) electrons. The summed E-state index contributed by atoms with van der Waals surface area (Å²) in [5, 5.41) is 2.96. The van der Waals surface area contributed by atoms with E-state index in [4.69, 9.17) is 11.6 Å². The Hall–Kier alpha value is -0.940. The van der Waals surface area contributed by atoms with Gasteiger partial charge in [0.05, 0.1) is 16.6 Å². The quantitative estimate of drug-likeness (QED) is 0.620. The molecule has 0 atom stereocenters. The number of carbonyl (C=O) groups excluding carboxylic acids is 2. The molecule has 0 unspecified atom stereocenters. The van der Waals surface area contributed by atoms with E-state index in [1.807, 2.05) is 12.3 Å². The summed E-state index contributed by atoms with van der Waals surface area (Å²) in [6, 6.07) is 0. The van der Waals surface area contributed by atoms with Crippen molar-refractivity contribution in [3.63, 3.8) is 0 Å². The molecule has 0 saturated carbocycles. The van der Waals surface area contributed by atoms with Gasteiger partial charge < -0.3 is 0 Å². The largest absolute Gasteiger partial charge is 0.283 e. The van der Waals surface area contributed by atoms with Crippen LogP contribution < -0.4 is 0 Å². The summed E-state index contributed by atoms with van der Waals surface area (Å²) >= 11 is 7.27. The topological polar surface area (TPSA) is 50.3 Å². The molecule has 1 aliphatic heterocycles. The Labute approximate surface area is 121 Å². The number of piperidine rings is 1. The molecule has 0 spiro atoms. The van der Waals surface area contributed by atoms with Crippen LogP contribution in [0.25, 0.3) is 0 Å². The number of rotatable bonds is 5. The van der Waals surface area contributed by atoms with Crippen molar-refractivity contribution in [3.8, 4) is 0 Å². The lowest BCUT2D eigenvalue weighted by Crippen LogP contribution is -2.43. The summed E-state index contributed by atoms with van der Waals surface area (Å²) in [4.78, 5) is 29.3. The van der Waals surface area contributed by atoms with E-state index in [9.17, 15) is 9.59 Å². The van der Waals surface area contributed by atoms with Gasteiger partial charge in [-0.1, -0.05) is 6.92 Å². The van der Waals surface area contributed by atoms with Gasteiger partial charge in [0, 0.05) is 31.2 Å². The van der Waals surface area contributed by atoms with Gasteiger partial charge in [0.2, 0.25) is 11.8 Å². The second kappa shape index (κ2) is 6.48. The highest BCUT2D eigenvalue weighted by molar-refractivity contribution is 7.09. The first kappa shape index (κ1) is 14.5. The van der Waals surface area contributed by atoms with Gasteiger partial charge in [0.1, 0.15) is 0 Å². The zero-order valence-electron chi connectivity index (χ0n) is 10.9. The van der Waals surface area contributed by atoms with E-state index < -0.39 is 0 Å². The number of imide groups is 1. The lowest BCUT2D eigenvalue weighted by molar-refractivity contribution is -0.149. The predicted octanol–water partition coefficient (Wildman–Crippen LogP) is 2.60. The Bertz CT molecular complexity index is 457. The molecule has 0 bridgehead atoms. The van der Waals surface area contributed by atoms with Crippen LogP contribution in [-0.2, 0) is 21.9 Å². The van der Waals surface area contributed by atoms with Crippen LogP contribution in [0, 0.1) is 5.92 Å². The summed E-state index contributed by atoms with van der Waals surface area (Å²) in [7, 11) is 0. The fourth-order valence-corrected chi connectivity index (χ4v) is 3.26. The van der Waals surface area contributed by atoms with Crippen molar-refractivity contribution >= 4 is 34.8 Å². The van der Waals surface area contributed by atoms with Crippen LogP contribution in [0.15, 0.2) is 5.38 Å². The molecule has 6 heteroatoms. The molecule has 1 saturated heterocycles. The molecule has 2 rings (SSSR count). The first-order valence-electron chi connectivity index (χ1n) is 6.42. The molecule has 1 aliphatic rings. The zero-order chi connectivity index (χ0) is 13.8. The van der Waals surface area contributed by atoms with Crippen molar-refractivity contribution in [1.82, 2.24) is 9.88 Å². The van der Waals surface area contributed by atoms with Crippen LogP contribution >= 0.6 is 22.9 Å². The van der Waals surface area contributed by atoms with Crippen molar-refractivity contribution in [2.45, 2.75) is 38.5 Å². The van der Waals surface area contributed by atoms with E-state index in [-0.39, 0.29) is 17.7 Å². The van der Waals surface area contributed by atoms with Crippen LogP contribution in [0.4, 0.5) is 0 Å². The standard InChI is InChI=1S/C13H17ClN2O2S/c1-9-5-12(17)16(13(18)6-9)4-2-3-11-15-10(7-14)8-19-11/h8-9H,2-7H2,1H3. The van der Waals surface area contributed by atoms with Gasteiger partial charge in [-0.3, -0.25) is 14.5 Å². The van der Waals surface area contributed by atoms with Crippen LogP contribution in [0.3, 0.4) is 0 Å². The predicted molar refractivity (Wildman–Crippen MR) is 75.1 cm³/mol. The molecule has 4 nitrogen and oxygen atoms in total. The summed E-state index contributed by atoms with van der Waals surface area (Å²) in [5.41, 5.74) is 0.889. The van der Waals surface area contributed by atoms with Crippen LogP contribution in [0.5, 0.6) is 0 Å². The van der Waals surface area contributed by atoms with Gasteiger partial charge in [-0.25, -0.2) is 4.98 Å². The first-order chi connectivity index (χ1) is 9.10. The lowest BCUT2D eigenvalue weighted by Gasteiger charge is -2.28. The maximum Gasteiger partial charge on any atom is 0.229 e. The number of hydrogen-bond donors (Lipinski definition) is 0. The fraction of sp³-hybridized carbons (Fsp3) is 0.615. The van der Waals surface area contributed by atoms with Crippen molar-refractivity contribution in [2.24, 2.45) is 5.92 Å². The monoisotopic (exact) mass is 300 g/mol. The van der Waals surface area contributed by atoms with E-state index in [0.29, 0.717) is 25.3 Å². The number of nitrogens with zero attached hydrogens (tertiary/aromatic N) is 2. The van der Waals surface area contributed by atoms with Gasteiger partial charge in [0.25, 0.3) is 0 Å². The maximum atomic E-state index is 11.8. The number of aromatic nitrogens is 1. The SMILES string of the molecule is CC1CC(=O)N(CCCc2nc(CCl)cs2)C(=O)C1. The molecule has 1 aromatic rings. The average Bonchev–Trinajstić information content (AvgIpc) is 2.80. The molecule has 104 valence electrons. The number of amides is 2. The Morgan fingerprint density at radius 3 is 2.68 bits per heavy atom. The van der Waals surface area contributed by atoms with E-state index in [1.54, 1.807) is 11.3 Å². The summed E-state index contributed by atoms with van der Waals surface area (Å²) in [5.74, 6) is 0.535. The Balaban J connectivity index is 1.81. The van der Waals surface area contributed by atoms with E-state index in [1.165, 1.54) is 4.90 Å². The van der Waals surface area contributed by atoms with Crippen LogP contribution in [-0.4, -0.2) is 28.2 Å². The smallest absolute Gasteiger partial charge is 0.229 e. The molecule has 19 heavy (non-hydrogen) atoms. The molecule has 0 N–H and O–H groups in total. The molecular weight excluding hydrogens is 284 g/mol. The minimum atomic E-state index is -0.0377. The third-order valence-corrected chi connectivity index (χ3v) is 4.39. The fourth-order valence-electron chi connectivity index (χ4n) is 2.19. The van der Waals surface area contributed by atoms with Crippen LogP contribution in [0.2, 0.25) is 0 Å². The van der Waals surface area contributed by atoms with Gasteiger partial charge in [-0.05, 0) is 12.3 Å². The molecule has 2 amide bonds. The normalized spacial score (nSPS) is 17.3. The second-order valence-electron chi connectivity index (χ2n) is 4.92. The van der Waals surface area contributed by atoms with E-state index in [2.05, 4.69) is 4.98 Å². The van der Waals surface area contributed by atoms with Crippen molar-refractivity contribution < 1.29 is 9.59 Å². The first-order valence-corrected chi connectivity index (χ1v) is 7.84. The number of hydrogen-bond acceptors (Lipinski definition) is 4. The van der Waals surface area contributed by atoms with Gasteiger partial charge >= 0.3 is 0 Å². The molecule has 2 heterocycles. The van der Waals surface area contributed by atoms with Crippen molar-refractivity contribution in [3.05, 3.63) is 16.1 Å². The maximum absolute atomic E-state index is 11.8. The Morgan fingerprint density at radius 2 is 2.11 bits per heavy atom. The zero-order valence-corrected chi connectivity index (χ0v) is 12.5. The number of alkyl halides is 1. The summed E-state index contributed by atoms with van der Waals surface area (Å²) in [6.45, 7) is 2.44.